The van der Waals surface area contributed by atoms with Gasteiger partial charge in [0.25, 0.3) is 0 Å². The molecule has 0 radical (unpaired) electrons. The topological polar surface area (TPSA) is 35.2 Å². The Labute approximate surface area is 103 Å². The molecule has 1 aromatic carbocycles. The van der Waals surface area contributed by atoms with Gasteiger partial charge in [-0.3, -0.25) is 0 Å². The zero-order valence-corrected chi connectivity index (χ0v) is 10.7. The van der Waals surface area contributed by atoms with Crippen molar-refractivity contribution in [1.29, 1.82) is 0 Å². The number of benzene rings is 1. The summed E-state index contributed by atoms with van der Waals surface area (Å²) < 4.78 is 5.73. The summed E-state index contributed by atoms with van der Waals surface area (Å²) in [6.07, 6.45) is 1.94. The van der Waals surface area contributed by atoms with Gasteiger partial charge in [0.05, 0.1) is 6.10 Å². The summed E-state index contributed by atoms with van der Waals surface area (Å²) in [5, 5.41) is 0.760. The van der Waals surface area contributed by atoms with Gasteiger partial charge in [0.1, 0.15) is 0 Å². The van der Waals surface area contributed by atoms with E-state index in [0.29, 0.717) is 0 Å². The monoisotopic (exact) mass is 241 g/mol. The van der Waals surface area contributed by atoms with Crippen molar-refractivity contribution in [1.82, 2.24) is 0 Å². The fourth-order valence-electron chi connectivity index (χ4n) is 1.52. The Hall–Kier alpha value is -0.570. The van der Waals surface area contributed by atoms with Crippen LogP contribution in [-0.2, 0) is 11.2 Å². The Morgan fingerprint density at radius 2 is 1.94 bits per heavy atom. The van der Waals surface area contributed by atoms with Crippen molar-refractivity contribution in [2.75, 3.05) is 6.61 Å². The van der Waals surface area contributed by atoms with E-state index in [4.69, 9.17) is 22.1 Å². The van der Waals surface area contributed by atoms with Crippen LogP contribution in [0, 0.1) is 0 Å². The summed E-state index contributed by atoms with van der Waals surface area (Å²) in [6.45, 7) is 4.84. The molecule has 0 aliphatic heterocycles. The lowest BCUT2D eigenvalue weighted by molar-refractivity contribution is 0.0401. The first-order valence-corrected chi connectivity index (χ1v) is 6.13. The van der Waals surface area contributed by atoms with E-state index in [1.807, 2.05) is 31.2 Å². The molecule has 0 spiro atoms. The van der Waals surface area contributed by atoms with Gasteiger partial charge in [-0.1, -0.05) is 30.7 Å². The van der Waals surface area contributed by atoms with Gasteiger partial charge in [-0.2, -0.15) is 0 Å². The van der Waals surface area contributed by atoms with Crippen molar-refractivity contribution >= 4 is 11.6 Å². The molecule has 0 amide bonds. The third-order valence-electron chi connectivity index (χ3n) is 2.47. The predicted octanol–water partition coefficient (Wildman–Crippen LogP) is 3.02. The number of rotatable bonds is 6. The highest BCUT2D eigenvalue weighted by molar-refractivity contribution is 6.30. The van der Waals surface area contributed by atoms with Crippen LogP contribution < -0.4 is 5.73 Å². The van der Waals surface area contributed by atoms with Crippen LogP contribution >= 0.6 is 11.6 Å². The SMILES string of the molecule is CCCO[C@@H](Cc1ccc(Cl)cc1)[C@H](C)N. The second kappa shape index (κ2) is 6.89. The number of ether oxygens (including phenoxy) is 1. The average Bonchev–Trinajstić information content (AvgIpc) is 2.26. The summed E-state index contributed by atoms with van der Waals surface area (Å²) in [5.74, 6) is 0. The molecule has 0 heterocycles. The third-order valence-corrected chi connectivity index (χ3v) is 2.72. The first-order chi connectivity index (χ1) is 7.63. The molecular formula is C13H20ClNO. The summed E-state index contributed by atoms with van der Waals surface area (Å²) in [7, 11) is 0. The second-order valence-corrected chi connectivity index (χ2v) is 4.54. The Morgan fingerprint density at radius 3 is 2.44 bits per heavy atom. The Bertz CT molecular complexity index is 297. The van der Waals surface area contributed by atoms with Crippen molar-refractivity contribution in [2.24, 2.45) is 5.73 Å². The zero-order chi connectivity index (χ0) is 12.0. The normalized spacial score (nSPS) is 14.8. The van der Waals surface area contributed by atoms with Gasteiger partial charge in [-0.25, -0.2) is 0 Å². The molecule has 0 aliphatic rings. The molecule has 90 valence electrons. The van der Waals surface area contributed by atoms with E-state index in [1.165, 1.54) is 5.56 Å². The Balaban J connectivity index is 2.57. The van der Waals surface area contributed by atoms with E-state index < -0.39 is 0 Å². The van der Waals surface area contributed by atoms with Crippen molar-refractivity contribution in [2.45, 2.75) is 38.8 Å². The first kappa shape index (κ1) is 13.5. The lowest BCUT2D eigenvalue weighted by Crippen LogP contribution is -2.36. The number of hydrogen-bond acceptors (Lipinski definition) is 2. The van der Waals surface area contributed by atoms with Gasteiger partial charge in [0, 0.05) is 24.1 Å². The maximum absolute atomic E-state index is 5.90. The van der Waals surface area contributed by atoms with E-state index in [-0.39, 0.29) is 12.1 Å². The maximum atomic E-state index is 5.90. The molecule has 0 fully saturated rings. The number of nitrogens with two attached hydrogens (primary N) is 1. The van der Waals surface area contributed by atoms with Crippen LogP contribution in [0.4, 0.5) is 0 Å². The molecule has 0 bridgehead atoms. The lowest BCUT2D eigenvalue weighted by Gasteiger charge is -2.21. The van der Waals surface area contributed by atoms with Crippen LogP contribution in [0.2, 0.25) is 5.02 Å². The smallest absolute Gasteiger partial charge is 0.0763 e. The summed E-state index contributed by atoms with van der Waals surface area (Å²) in [4.78, 5) is 0. The minimum atomic E-state index is 0.0437. The molecular weight excluding hydrogens is 222 g/mol. The average molecular weight is 242 g/mol. The van der Waals surface area contributed by atoms with E-state index in [2.05, 4.69) is 6.92 Å². The van der Waals surface area contributed by atoms with Gasteiger partial charge >= 0.3 is 0 Å². The van der Waals surface area contributed by atoms with Gasteiger partial charge in [0.15, 0.2) is 0 Å². The molecule has 0 unspecified atom stereocenters. The standard InChI is InChI=1S/C13H20ClNO/c1-3-8-16-13(10(2)15)9-11-4-6-12(14)7-5-11/h4-7,10,13H,3,8-9,15H2,1-2H3/t10-,13-/m0/s1. The molecule has 2 atom stereocenters. The molecule has 2 N–H and O–H groups in total. The molecule has 2 nitrogen and oxygen atoms in total. The fourth-order valence-corrected chi connectivity index (χ4v) is 1.64. The van der Waals surface area contributed by atoms with Crippen LogP contribution in [0.25, 0.3) is 0 Å². The highest BCUT2D eigenvalue weighted by Gasteiger charge is 2.14. The van der Waals surface area contributed by atoms with Crippen molar-refractivity contribution in [3.63, 3.8) is 0 Å². The maximum Gasteiger partial charge on any atom is 0.0763 e. The highest BCUT2D eigenvalue weighted by Crippen LogP contribution is 2.13. The minimum Gasteiger partial charge on any atom is -0.376 e. The van der Waals surface area contributed by atoms with Gasteiger partial charge in [0.2, 0.25) is 0 Å². The Morgan fingerprint density at radius 1 is 1.31 bits per heavy atom. The molecule has 0 aliphatic carbocycles. The van der Waals surface area contributed by atoms with Crippen LogP contribution in [-0.4, -0.2) is 18.8 Å². The van der Waals surface area contributed by atoms with Gasteiger partial charge in [-0.05, 0) is 31.0 Å². The quantitative estimate of drug-likeness (QED) is 0.831. The largest absolute Gasteiger partial charge is 0.376 e. The number of halogens is 1. The van der Waals surface area contributed by atoms with Crippen molar-refractivity contribution in [3.05, 3.63) is 34.9 Å². The van der Waals surface area contributed by atoms with Crippen LogP contribution in [0.5, 0.6) is 0 Å². The first-order valence-electron chi connectivity index (χ1n) is 5.75. The van der Waals surface area contributed by atoms with Gasteiger partial charge < -0.3 is 10.5 Å². The number of hydrogen-bond donors (Lipinski definition) is 1. The molecule has 0 aromatic heterocycles. The van der Waals surface area contributed by atoms with Crippen LogP contribution in [0.3, 0.4) is 0 Å². The molecule has 1 rings (SSSR count). The van der Waals surface area contributed by atoms with E-state index in [1.54, 1.807) is 0 Å². The molecule has 0 saturated heterocycles. The van der Waals surface area contributed by atoms with Crippen molar-refractivity contribution < 1.29 is 4.74 Å². The fraction of sp³-hybridized carbons (Fsp3) is 0.538. The molecule has 3 heteroatoms. The predicted molar refractivity (Wildman–Crippen MR) is 68.8 cm³/mol. The highest BCUT2D eigenvalue weighted by atomic mass is 35.5. The zero-order valence-electron chi connectivity index (χ0n) is 9.95. The minimum absolute atomic E-state index is 0.0437. The molecule has 16 heavy (non-hydrogen) atoms. The van der Waals surface area contributed by atoms with E-state index >= 15 is 0 Å². The van der Waals surface area contributed by atoms with Crippen molar-refractivity contribution in [3.8, 4) is 0 Å². The second-order valence-electron chi connectivity index (χ2n) is 4.10. The van der Waals surface area contributed by atoms with E-state index in [9.17, 15) is 0 Å². The van der Waals surface area contributed by atoms with Gasteiger partial charge in [-0.15, -0.1) is 0 Å². The third kappa shape index (κ3) is 4.52. The molecule has 1 aromatic rings. The summed E-state index contributed by atoms with van der Waals surface area (Å²) in [6, 6.07) is 7.88. The van der Waals surface area contributed by atoms with Crippen LogP contribution in [0.1, 0.15) is 25.8 Å². The van der Waals surface area contributed by atoms with E-state index in [0.717, 1.165) is 24.5 Å². The van der Waals surface area contributed by atoms with Crippen LogP contribution in [0.15, 0.2) is 24.3 Å². The summed E-state index contributed by atoms with van der Waals surface area (Å²) >= 11 is 5.84. The molecule has 0 saturated carbocycles. The summed E-state index contributed by atoms with van der Waals surface area (Å²) in [5.41, 5.74) is 7.12. The Kier molecular flexibility index (Phi) is 5.81. The lowest BCUT2D eigenvalue weighted by atomic mass is 10.0.